The summed E-state index contributed by atoms with van der Waals surface area (Å²) in [5.74, 6) is 2.13. The molecule has 1 aliphatic heterocycles. The Morgan fingerprint density at radius 2 is 1.24 bits per heavy atom. The van der Waals surface area contributed by atoms with Crippen molar-refractivity contribution in [2.75, 3.05) is 16.5 Å². The largest absolute Gasteiger partial charge is 0.509 e. The first-order chi connectivity index (χ1) is 27.0. The van der Waals surface area contributed by atoms with Gasteiger partial charge in [0.1, 0.15) is 5.82 Å². The van der Waals surface area contributed by atoms with Gasteiger partial charge in [0.2, 0.25) is 0 Å². The number of benzene rings is 5. The van der Waals surface area contributed by atoms with Crippen LogP contribution in [-0.4, -0.2) is 16.2 Å². The first-order valence-corrected chi connectivity index (χ1v) is 20.1. The van der Waals surface area contributed by atoms with Gasteiger partial charge in [0.25, 0.3) is 0 Å². The number of para-hydroxylation sites is 1. The van der Waals surface area contributed by atoms with E-state index >= 15 is 0 Å². The Morgan fingerprint density at radius 3 is 1.93 bits per heavy atom. The molecule has 0 amide bonds. The topological polar surface area (TPSA) is 33.5 Å². The minimum Gasteiger partial charge on any atom is -0.509 e. The second-order valence-electron chi connectivity index (χ2n) is 18.6. The number of anilines is 2. The molecule has 0 radical (unpaired) electrons. The number of nitrogens with zero attached hydrogens (tertiary/aromatic N) is 4. The molecule has 0 aliphatic carbocycles. The molecule has 0 atom stereocenters. The zero-order valence-corrected chi connectivity index (χ0v) is 39.0. The fourth-order valence-corrected chi connectivity index (χ4v) is 7.76. The molecule has 308 valence electrons. The molecule has 0 bridgehead atoms. The van der Waals surface area contributed by atoms with Crippen molar-refractivity contribution < 1.29 is 25.8 Å². The molecule has 0 saturated heterocycles. The molecule has 59 heavy (non-hydrogen) atoms. The van der Waals surface area contributed by atoms with Crippen LogP contribution in [0.3, 0.4) is 0 Å². The van der Waals surface area contributed by atoms with E-state index in [0.29, 0.717) is 18.2 Å². The van der Waals surface area contributed by atoms with E-state index in [1.54, 1.807) is 0 Å². The maximum Gasteiger partial charge on any atom is 0.135 e. The third-order valence-electron chi connectivity index (χ3n) is 11.5. The monoisotopic (exact) mass is 960 g/mol. The molecule has 3 heterocycles. The van der Waals surface area contributed by atoms with E-state index in [1.807, 2.05) is 24.4 Å². The van der Waals surface area contributed by atoms with Crippen LogP contribution in [0, 0.1) is 19.6 Å². The van der Waals surface area contributed by atoms with E-state index in [0.717, 1.165) is 33.3 Å². The van der Waals surface area contributed by atoms with Crippen LogP contribution in [0.1, 0.15) is 92.9 Å². The third-order valence-corrected chi connectivity index (χ3v) is 11.5. The van der Waals surface area contributed by atoms with Crippen molar-refractivity contribution in [2.45, 2.75) is 92.4 Å². The minimum absolute atomic E-state index is 0. The van der Waals surface area contributed by atoms with Gasteiger partial charge < -0.3 is 26.5 Å². The second-order valence-corrected chi connectivity index (χ2v) is 18.6. The molecule has 5 nitrogen and oxygen atoms in total. The molecule has 0 unspecified atom stereocenters. The molecular weight excluding hydrogens is 904 g/mol. The average Bonchev–Trinajstić information content (AvgIpc) is 3.66. The summed E-state index contributed by atoms with van der Waals surface area (Å²) in [6.45, 7) is 25.4. The van der Waals surface area contributed by atoms with E-state index in [2.05, 4.69) is 194 Å². The van der Waals surface area contributed by atoms with Gasteiger partial charge in [-0.25, -0.2) is 4.98 Å². The van der Waals surface area contributed by atoms with Gasteiger partial charge in [-0.05, 0) is 93.6 Å². The van der Waals surface area contributed by atoms with Crippen molar-refractivity contribution >= 4 is 33.2 Å². The zero-order chi connectivity index (χ0) is 40.4. The van der Waals surface area contributed by atoms with E-state index in [1.165, 1.54) is 44.9 Å². The summed E-state index contributed by atoms with van der Waals surface area (Å²) in [6.07, 6.45) is 1.90. The summed E-state index contributed by atoms with van der Waals surface area (Å²) >= 11 is 0. The van der Waals surface area contributed by atoms with E-state index < -0.39 is 0 Å². The maximum absolute atomic E-state index is 6.57. The van der Waals surface area contributed by atoms with Gasteiger partial charge in [-0.2, -0.15) is 12.1 Å². The van der Waals surface area contributed by atoms with Crippen molar-refractivity contribution in [1.82, 2.24) is 9.55 Å². The number of rotatable bonds is 6. The van der Waals surface area contributed by atoms with Gasteiger partial charge in [-0.15, -0.1) is 35.7 Å². The Labute approximate surface area is 367 Å². The van der Waals surface area contributed by atoms with Gasteiger partial charge in [-0.3, -0.25) is 0 Å². The summed E-state index contributed by atoms with van der Waals surface area (Å²) in [5, 5.41) is 2.26. The van der Waals surface area contributed by atoms with Crippen molar-refractivity contribution in [3.8, 4) is 28.4 Å². The number of fused-ring (bicyclic) bond motifs is 3. The Hall–Kier alpha value is -5.12. The average molecular weight is 961 g/mol. The molecule has 0 N–H and O–H groups in total. The second kappa shape index (κ2) is 16.1. The van der Waals surface area contributed by atoms with Crippen LogP contribution in [-0.2, 0) is 37.3 Å². The first-order valence-electron chi connectivity index (χ1n) is 20.1. The fourth-order valence-electron chi connectivity index (χ4n) is 7.76. The standard InChI is InChI=1S/C52H54N4O.CH3.Pt/c1-34-35(2)55(42-28-37(27-40(29-42)52(9,10)11)36-19-21-38(22-20-36)50(3,4)5)33-54(34)41-15-14-16-43(31-41)57-44-23-24-46-45-17-12-13-18-47(45)56(48(46)32-44)49-30-39(25-26-53-49)51(6,7)8;;/h12-30H,33H2,1-11H3;1H3;/q-2;-1;. The summed E-state index contributed by atoms with van der Waals surface area (Å²) in [6, 6.07) is 46.4. The number of hydrogen-bond donors (Lipinski definition) is 0. The van der Waals surface area contributed by atoms with Crippen molar-refractivity contribution in [3.05, 3.63) is 163 Å². The van der Waals surface area contributed by atoms with Gasteiger partial charge in [0, 0.05) is 61.4 Å². The molecule has 6 heteroatoms. The molecule has 0 spiro atoms. The van der Waals surface area contributed by atoms with Crippen molar-refractivity contribution in [2.24, 2.45) is 0 Å². The summed E-state index contributed by atoms with van der Waals surface area (Å²) in [7, 11) is 0. The summed E-state index contributed by atoms with van der Waals surface area (Å²) < 4.78 is 8.77. The van der Waals surface area contributed by atoms with Gasteiger partial charge >= 0.3 is 0 Å². The number of allylic oxidation sites excluding steroid dienone is 2. The van der Waals surface area contributed by atoms with Crippen LogP contribution < -0.4 is 14.5 Å². The molecule has 2 aromatic heterocycles. The van der Waals surface area contributed by atoms with Gasteiger partial charge in [0.15, 0.2) is 0 Å². The fraction of sp³-hybridized carbons (Fsp3) is 0.283. The molecule has 0 saturated carbocycles. The first kappa shape index (κ1) is 43.5. The number of pyridine rings is 1. The van der Waals surface area contributed by atoms with Gasteiger partial charge in [-0.1, -0.05) is 122 Å². The molecule has 7 aromatic rings. The Morgan fingerprint density at radius 1 is 0.576 bits per heavy atom. The van der Waals surface area contributed by atoms with Crippen LogP contribution in [0.2, 0.25) is 0 Å². The smallest absolute Gasteiger partial charge is 0.135 e. The molecule has 8 rings (SSSR count). The van der Waals surface area contributed by atoms with E-state index in [9.17, 15) is 0 Å². The number of aromatic nitrogens is 2. The predicted octanol–water partition coefficient (Wildman–Crippen LogP) is 14.1. The van der Waals surface area contributed by atoms with Crippen molar-refractivity contribution in [1.29, 1.82) is 0 Å². The quantitative estimate of drug-likeness (QED) is 0.156. The van der Waals surface area contributed by atoms with E-state index in [4.69, 9.17) is 9.72 Å². The van der Waals surface area contributed by atoms with Gasteiger partial charge in [0.05, 0.1) is 6.67 Å². The Kier molecular flexibility index (Phi) is 11.9. The maximum atomic E-state index is 6.57. The zero-order valence-electron chi connectivity index (χ0n) is 36.7. The van der Waals surface area contributed by atoms with Crippen molar-refractivity contribution in [3.63, 3.8) is 0 Å². The molecular formula is C53H57N4OPt-3. The number of ether oxygens (including phenoxy) is 1. The number of hydrogen-bond acceptors (Lipinski definition) is 4. The predicted molar refractivity (Wildman–Crippen MR) is 245 cm³/mol. The molecule has 0 fully saturated rings. The van der Waals surface area contributed by atoms with Crippen LogP contribution in [0.15, 0.2) is 127 Å². The Balaban J connectivity index is 0.00000293. The normalized spacial score (nSPS) is 13.5. The third kappa shape index (κ3) is 8.50. The summed E-state index contributed by atoms with van der Waals surface area (Å²) in [4.78, 5) is 9.58. The van der Waals surface area contributed by atoms with Crippen LogP contribution >= 0.6 is 0 Å². The Bertz CT molecular complexity index is 2670. The van der Waals surface area contributed by atoms with Crippen LogP contribution in [0.4, 0.5) is 11.4 Å². The van der Waals surface area contributed by atoms with E-state index in [-0.39, 0.29) is 44.7 Å². The molecule has 5 aromatic carbocycles. The SMILES string of the molecule is CC1=C(C)N(c2cc(-c3ccc(C(C)(C)C)cc3)cc(C(C)(C)C)c2)CN1c1[c-]c(Oc2[c-]c3c(cc2)c2ccccc2n3-c2cc(C(C)(C)C)ccn2)ccc1.[CH3-].[Pt]. The minimum atomic E-state index is -0.0109. The van der Waals surface area contributed by atoms with Crippen LogP contribution in [0.5, 0.6) is 11.5 Å². The molecule has 1 aliphatic rings. The summed E-state index contributed by atoms with van der Waals surface area (Å²) in [5.41, 5.74) is 13.0. The van der Waals surface area contributed by atoms with Crippen LogP contribution in [0.25, 0.3) is 38.8 Å².